The van der Waals surface area contributed by atoms with Crippen LogP contribution in [-0.2, 0) is 9.59 Å². The Labute approximate surface area is 366 Å². The number of carboxylic acid groups (broad SMARTS) is 2. The van der Waals surface area contributed by atoms with Gasteiger partial charge in [-0.2, -0.15) is 0 Å². The van der Waals surface area contributed by atoms with E-state index in [-0.39, 0.29) is 36.5 Å². The predicted octanol–water partition coefficient (Wildman–Crippen LogP) is 12.4. The number of hydrogen-bond acceptors (Lipinski definition) is 6. The molecule has 4 amide bonds. The molecule has 0 bridgehead atoms. The van der Waals surface area contributed by atoms with Gasteiger partial charge in [0.1, 0.15) is 0 Å². The van der Waals surface area contributed by atoms with Gasteiger partial charge in [0.15, 0.2) is 0 Å². The second-order valence-corrected chi connectivity index (χ2v) is 18.3. The molecule has 2 aliphatic rings. The van der Waals surface area contributed by atoms with E-state index in [2.05, 4.69) is 31.9 Å². The minimum atomic E-state index is -0.741. The molecule has 0 atom stereocenters. The highest BCUT2D eigenvalue weighted by Gasteiger charge is 2.38. The van der Waals surface area contributed by atoms with Gasteiger partial charge in [-0.05, 0) is 60.7 Å². The fourth-order valence-corrected chi connectivity index (χ4v) is 10.7. The first-order chi connectivity index (χ1) is 29.0. The summed E-state index contributed by atoms with van der Waals surface area (Å²) in [6.07, 6.45) is 17.6. The molecule has 0 aromatic heterocycles. The van der Waals surface area contributed by atoms with E-state index in [0.717, 1.165) is 135 Å². The minimum absolute atomic E-state index is 0.230. The van der Waals surface area contributed by atoms with Crippen molar-refractivity contribution in [3.05, 3.63) is 67.6 Å². The lowest BCUT2D eigenvalue weighted by Gasteiger charge is -2.31. The topological polar surface area (TPSA) is 149 Å². The quantitative estimate of drug-likeness (QED) is 0.0269. The Hall–Kier alpha value is -4.42. The van der Waals surface area contributed by atoms with E-state index in [9.17, 15) is 28.8 Å². The van der Waals surface area contributed by atoms with Crippen LogP contribution in [0.4, 0.5) is 0 Å². The molecular weight excluding hydrogens is 892 g/mol. The smallest absolute Gasteiger partial charge is 0.303 e. The van der Waals surface area contributed by atoms with Gasteiger partial charge in [0.05, 0.1) is 0 Å². The average Bonchev–Trinajstić information content (AvgIpc) is 3.22. The number of unbranched alkanes of at least 4 members (excludes halogenated alkanes) is 16. The maximum Gasteiger partial charge on any atom is 0.303 e. The monoisotopic (exact) mass is 942 g/mol. The summed E-state index contributed by atoms with van der Waals surface area (Å²) in [5.41, 5.74) is 1.91. The number of carboxylic acids is 2. The lowest BCUT2D eigenvalue weighted by molar-refractivity contribution is -0.138. The van der Waals surface area contributed by atoms with Crippen LogP contribution >= 0.6 is 31.9 Å². The van der Waals surface area contributed by atoms with Crippen LogP contribution < -0.4 is 0 Å². The van der Waals surface area contributed by atoms with E-state index in [4.69, 9.17) is 10.2 Å². The molecule has 12 heteroatoms. The molecule has 316 valence electrons. The van der Waals surface area contributed by atoms with E-state index < -0.39 is 11.9 Å². The summed E-state index contributed by atoms with van der Waals surface area (Å²) in [7, 11) is 0. The summed E-state index contributed by atoms with van der Waals surface area (Å²) >= 11 is 7.63. The molecule has 0 saturated heterocycles. The van der Waals surface area contributed by atoms with Gasteiger partial charge in [-0.15, -0.1) is 0 Å². The van der Waals surface area contributed by atoms with E-state index in [1.165, 1.54) is 9.80 Å². The highest BCUT2D eigenvalue weighted by molar-refractivity contribution is 9.11. The molecule has 0 spiro atoms. The standard InChI is InChI=1S/C48H52Br2N2O8/c49-35-27-33-39-31(45(57)51(47(33)59)25-17-13-9-5-1-3-7-11-15-19-37(53)54)23-21-29-42-36(50)28-34-40-32(24-22-30(44(40)42)41(35)43(29)39)46(58)52(48(34)60)26-18-14-10-6-2-4-8-12-16-20-38(55)56/h21-24,27-28H,1-20,25-26H2,(H,53,54)(H,55,56). The number of aliphatic carboxylic acids is 2. The van der Waals surface area contributed by atoms with Crippen LogP contribution in [0.2, 0.25) is 0 Å². The zero-order valence-corrected chi connectivity index (χ0v) is 37.2. The van der Waals surface area contributed by atoms with Crippen molar-refractivity contribution in [2.45, 2.75) is 128 Å². The molecule has 5 aromatic carbocycles. The third kappa shape index (κ3) is 8.82. The van der Waals surface area contributed by atoms with Gasteiger partial charge < -0.3 is 10.2 Å². The van der Waals surface area contributed by atoms with Gasteiger partial charge in [-0.25, -0.2) is 0 Å². The fourth-order valence-electron chi connectivity index (χ4n) is 9.44. The second-order valence-electron chi connectivity index (χ2n) is 16.6. The number of hydrogen-bond donors (Lipinski definition) is 2. The Morgan fingerprint density at radius 1 is 0.400 bits per heavy atom. The van der Waals surface area contributed by atoms with Crippen LogP contribution in [0, 0.1) is 0 Å². The van der Waals surface area contributed by atoms with Crippen molar-refractivity contribution in [1.29, 1.82) is 0 Å². The number of carbonyl (C=O) groups is 6. The van der Waals surface area contributed by atoms with Crippen LogP contribution in [0.1, 0.15) is 170 Å². The van der Waals surface area contributed by atoms with Gasteiger partial charge in [0.25, 0.3) is 23.6 Å². The fraction of sp³-hybridized carbons (Fsp3) is 0.458. The normalized spacial score (nSPS) is 14.0. The molecule has 0 fully saturated rings. The summed E-state index contributed by atoms with van der Waals surface area (Å²) in [6.45, 7) is 0.679. The van der Waals surface area contributed by atoms with Crippen LogP contribution in [0.3, 0.4) is 0 Å². The van der Waals surface area contributed by atoms with Crippen molar-refractivity contribution in [1.82, 2.24) is 9.80 Å². The van der Waals surface area contributed by atoms with Crippen LogP contribution in [0.15, 0.2) is 45.3 Å². The third-order valence-electron chi connectivity index (χ3n) is 12.5. The predicted molar refractivity (Wildman–Crippen MR) is 241 cm³/mol. The number of halogens is 2. The van der Waals surface area contributed by atoms with E-state index >= 15 is 0 Å². The number of benzene rings is 5. The first kappa shape index (κ1) is 43.7. The molecule has 0 radical (unpaired) electrons. The Balaban J connectivity index is 1.06. The highest BCUT2D eigenvalue weighted by Crippen LogP contribution is 2.50. The molecule has 10 nitrogen and oxygen atoms in total. The summed E-state index contributed by atoms with van der Waals surface area (Å²) in [5.74, 6) is -2.71. The zero-order chi connectivity index (χ0) is 42.5. The van der Waals surface area contributed by atoms with Gasteiger partial charge in [0.2, 0.25) is 0 Å². The lowest BCUT2D eigenvalue weighted by atomic mass is 9.82. The molecule has 0 aliphatic carbocycles. The number of rotatable bonds is 24. The lowest BCUT2D eigenvalue weighted by Crippen LogP contribution is -2.41. The Bertz CT molecular complexity index is 2320. The van der Waals surface area contributed by atoms with Gasteiger partial charge in [0, 0.05) is 89.4 Å². The Kier molecular flexibility index (Phi) is 14.2. The molecule has 0 saturated carbocycles. The number of nitrogens with zero attached hydrogens (tertiary/aromatic N) is 2. The van der Waals surface area contributed by atoms with Crippen molar-refractivity contribution >= 4 is 111 Å². The molecular formula is C48H52Br2N2O8. The number of imide groups is 2. The summed E-state index contributed by atoms with van der Waals surface area (Å²) in [5, 5.41) is 23.7. The molecule has 2 heterocycles. The number of amides is 4. The maximum atomic E-state index is 14.1. The van der Waals surface area contributed by atoms with Crippen molar-refractivity contribution in [3.8, 4) is 0 Å². The summed E-state index contributed by atoms with van der Waals surface area (Å²) in [6, 6.07) is 11.1. The number of carbonyl (C=O) groups excluding carboxylic acids is 4. The highest BCUT2D eigenvalue weighted by atomic mass is 79.9. The molecule has 60 heavy (non-hydrogen) atoms. The van der Waals surface area contributed by atoms with E-state index in [0.29, 0.717) is 67.9 Å². The first-order valence-electron chi connectivity index (χ1n) is 21.8. The maximum absolute atomic E-state index is 14.1. The van der Waals surface area contributed by atoms with Crippen molar-refractivity contribution in [2.75, 3.05) is 13.1 Å². The van der Waals surface area contributed by atoms with Crippen LogP contribution in [-0.4, -0.2) is 68.7 Å². The average molecular weight is 945 g/mol. The van der Waals surface area contributed by atoms with E-state index in [1.807, 2.05) is 36.4 Å². The molecule has 2 aliphatic heterocycles. The summed E-state index contributed by atoms with van der Waals surface area (Å²) < 4.78 is 1.40. The molecule has 7 rings (SSSR count). The third-order valence-corrected chi connectivity index (χ3v) is 13.7. The van der Waals surface area contributed by atoms with Crippen molar-refractivity contribution < 1.29 is 39.0 Å². The van der Waals surface area contributed by atoms with Crippen LogP contribution in [0.25, 0.3) is 43.1 Å². The van der Waals surface area contributed by atoms with Gasteiger partial charge in [-0.1, -0.05) is 134 Å². The molecule has 5 aromatic rings. The molecule has 2 N–H and O–H groups in total. The van der Waals surface area contributed by atoms with E-state index in [1.54, 1.807) is 0 Å². The first-order valence-corrected chi connectivity index (χ1v) is 23.3. The van der Waals surface area contributed by atoms with Crippen LogP contribution in [0.5, 0.6) is 0 Å². The SMILES string of the molecule is O=C(O)CCCCCCCCCCCN1C(=O)c2ccc3c4c(Br)cc5c6c(ccc(c7c(Br)cc(c2c37)C1=O)c64)C(=O)N(CCCCCCCCCCCC(=O)O)C5=O. The zero-order valence-electron chi connectivity index (χ0n) is 34.0. The Morgan fingerprint density at radius 3 is 1.03 bits per heavy atom. The van der Waals surface area contributed by atoms with Crippen molar-refractivity contribution in [3.63, 3.8) is 0 Å². The minimum Gasteiger partial charge on any atom is -0.481 e. The summed E-state index contributed by atoms with van der Waals surface area (Å²) in [4.78, 5) is 80.5. The number of fused-ring (bicyclic) bond motifs is 2. The van der Waals surface area contributed by atoms with Crippen molar-refractivity contribution in [2.24, 2.45) is 0 Å². The molecule has 0 unspecified atom stereocenters. The van der Waals surface area contributed by atoms with Gasteiger partial charge >= 0.3 is 11.9 Å². The largest absolute Gasteiger partial charge is 0.481 e. The second kappa shape index (κ2) is 19.5. The van der Waals surface area contributed by atoms with Gasteiger partial charge in [-0.3, -0.25) is 38.6 Å². The Morgan fingerprint density at radius 2 is 0.700 bits per heavy atom.